The van der Waals surface area contributed by atoms with E-state index < -0.39 is 0 Å². The Hall–Kier alpha value is -3.19. The second kappa shape index (κ2) is 8.74. The fourth-order valence-electron chi connectivity index (χ4n) is 3.91. The topological polar surface area (TPSA) is 80.3 Å². The average Bonchev–Trinajstić information content (AvgIpc) is 2.78. The fraction of sp³-hybridized carbons (Fsp3) is 0.400. The zero-order valence-corrected chi connectivity index (χ0v) is 19.4. The number of ether oxygens (including phenoxy) is 2. The van der Waals surface area contributed by atoms with Gasteiger partial charge in [0.15, 0.2) is 11.5 Å². The van der Waals surface area contributed by atoms with E-state index >= 15 is 0 Å². The maximum absolute atomic E-state index is 12.7. The van der Waals surface area contributed by atoms with Crippen molar-refractivity contribution in [1.82, 2.24) is 19.9 Å². The number of nitrogens with zero attached hydrogens (tertiary/aromatic N) is 3. The minimum Gasteiger partial charge on any atom is -0.493 e. The van der Waals surface area contributed by atoms with Crippen LogP contribution in [0.5, 0.6) is 11.5 Å². The van der Waals surface area contributed by atoms with Crippen LogP contribution in [-0.2, 0) is 24.9 Å². The molecule has 7 heteroatoms. The standard InChI is InChI=1S/C25H30N4O3/c1-25(2,3)24-27-20-10-11-29(15-18(20)23(30)28-24)14-16-6-8-19(26-13-16)17-7-9-21(31-4)22(12-17)32-5/h6-9,12-13H,10-11,14-15H2,1-5H3,(H,27,28,30). The summed E-state index contributed by atoms with van der Waals surface area (Å²) in [6, 6.07) is 9.87. The highest BCUT2D eigenvalue weighted by molar-refractivity contribution is 5.64. The summed E-state index contributed by atoms with van der Waals surface area (Å²) in [6.07, 6.45) is 2.67. The largest absolute Gasteiger partial charge is 0.493 e. The number of nitrogens with one attached hydrogen (secondary N) is 1. The van der Waals surface area contributed by atoms with Crippen LogP contribution >= 0.6 is 0 Å². The van der Waals surface area contributed by atoms with Gasteiger partial charge in [0.25, 0.3) is 5.56 Å². The number of H-pyrrole nitrogens is 1. The van der Waals surface area contributed by atoms with Gasteiger partial charge in [-0.05, 0) is 29.8 Å². The first kappa shape index (κ1) is 22.0. The third kappa shape index (κ3) is 4.53. The number of benzene rings is 1. The Kier molecular flexibility index (Phi) is 6.02. The molecule has 1 aromatic carbocycles. The molecule has 0 radical (unpaired) electrons. The van der Waals surface area contributed by atoms with Gasteiger partial charge in [0.05, 0.1) is 31.2 Å². The van der Waals surface area contributed by atoms with E-state index in [1.54, 1.807) is 14.2 Å². The minimum atomic E-state index is -0.174. The fourth-order valence-corrected chi connectivity index (χ4v) is 3.91. The quantitative estimate of drug-likeness (QED) is 0.660. The molecule has 0 fully saturated rings. The van der Waals surface area contributed by atoms with Crippen molar-refractivity contribution in [2.45, 2.75) is 45.7 Å². The summed E-state index contributed by atoms with van der Waals surface area (Å²) in [5.74, 6) is 2.12. The number of methoxy groups -OCH3 is 2. The summed E-state index contributed by atoms with van der Waals surface area (Å²) < 4.78 is 10.7. The molecule has 3 aromatic rings. The van der Waals surface area contributed by atoms with Crippen molar-refractivity contribution in [2.24, 2.45) is 0 Å². The maximum Gasteiger partial charge on any atom is 0.255 e. The van der Waals surface area contributed by atoms with Crippen LogP contribution < -0.4 is 15.0 Å². The molecule has 3 heterocycles. The molecule has 168 valence electrons. The van der Waals surface area contributed by atoms with Gasteiger partial charge in [0.1, 0.15) is 5.82 Å². The number of aromatic nitrogens is 3. The zero-order valence-electron chi connectivity index (χ0n) is 19.4. The van der Waals surface area contributed by atoms with Crippen LogP contribution in [0, 0.1) is 0 Å². The van der Waals surface area contributed by atoms with Crippen LogP contribution in [0.25, 0.3) is 11.3 Å². The molecule has 0 aliphatic carbocycles. The predicted molar refractivity (Wildman–Crippen MR) is 124 cm³/mol. The Morgan fingerprint density at radius 1 is 1.09 bits per heavy atom. The van der Waals surface area contributed by atoms with Crippen molar-refractivity contribution in [3.63, 3.8) is 0 Å². The van der Waals surface area contributed by atoms with Gasteiger partial charge in [-0.1, -0.05) is 26.8 Å². The monoisotopic (exact) mass is 434 g/mol. The predicted octanol–water partition coefficient (Wildman–Crippen LogP) is 3.70. The Morgan fingerprint density at radius 3 is 2.53 bits per heavy atom. The lowest BCUT2D eigenvalue weighted by molar-refractivity contribution is 0.240. The Bertz CT molecular complexity index is 1160. The zero-order chi connectivity index (χ0) is 22.9. The molecule has 0 bridgehead atoms. The van der Waals surface area contributed by atoms with Crippen LogP contribution in [0.1, 0.15) is 43.4 Å². The highest BCUT2D eigenvalue weighted by Gasteiger charge is 2.24. The van der Waals surface area contributed by atoms with Crippen LogP contribution in [0.4, 0.5) is 0 Å². The summed E-state index contributed by atoms with van der Waals surface area (Å²) >= 11 is 0. The second-order valence-corrected chi connectivity index (χ2v) is 9.17. The van der Waals surface area contributed by atoms with Crippen molar-refractivity contribution in [1.29, 1.82) is 0 Å². The van der Waals surface area contributed by atoms with Gasteiger partial charge in [0, 0.05) is 43.2 Å². The van der Waals surface area contributed by atoms with Gasteiger partial charge in [-0.3, -0.25) is 14.7 Å². The van der Waals surface area contributed by atoms with Gasteiger partial charge in [-0.2, -0.15) is 0 Å². The highest BCUT2D eigenvalue weighted by atomic mass is 16.5. The summed E-state index contributed by atoms with van der Waals surface area (Å²) in [5, 5.41) is 0. The molecule has 0 saturated carbocycles. The van der Waals surface area contributed by atoms with Gasteiger partial charge in [0.2, 0.25) is 0 Å². The average molecular weight is 435 g/mol. The maximum atomic E-state index is 12.7. The molecule has 0 unspecified atom stereocenters. The molecule has 32 heavy (non-hydrogen) atoms. The first-order chi connectivity index (χ1) is 15.3. The molecule has 0 spiro atoms. The Morgan fingerprint density at radius 2 is 1.88 bits per heavy atom. The summed E-state index contributed by atoms with van der Waals surface area (Å²) in [5.41, 5.74) is 4.45. The third-order valence-electron chi connectivity index (χ3n) is 5.77. The first-order valence-corrected chi connectivity index (χ1v) is 10.8. The van der Waals surface area contributed by atoms with E-state index in [-0.39, 0.29) is 11.0 Å². The van der Waals surface area contributed by atoms with E-state index in [9.17, 15) is 4.79 Å². The summed E-state index contributed by atoms with van der Waals surface area (Å²) in [6.45, 7) is 8.38. The van der Waals surface area contributed by atoms with Crippen molar-refractivity contribution in [3.05, 3.63) is 69.5 Å². The van der Waals surface area contributed by atoms with Crippen LogP contribution in [-0.4, -0.2) is 40.6 Å². The Balaban J connectivity index is 1.48. The normalized spacial score (nSPS) is 14.2. The molecular weight excluding hydrogens is 404 g/mol. The highest BCUT2D eigenvalue weighted by Crippen LogP contribution is 2.31. The number of pyridine rings is 1. The molecule has 0 atom stereocenters. The van der Waals surface area contributed by atoms with Gasteiger partial charge in [-0.15, -0.1) is 0 Å². The molecule has 1 N–H and O–H groups in total. The molecule has 1 aliphatic heterocycles. The molecule has 7 nitrogen and oxygen atoms in total. The minimum absolute atomic E-state index is 0.0217. The van der Waals surface area contributed by atoms with E-state index in [0.29, 0.717) is 18.0 Å². The van der Waals surface area contributed by atoms with Crippen molar-refractivity contribution < 1.29 is 9.47 Å². The molecular formula is C25H30N4O3. The van der Waals surface area contributed by atoms with Crippen molar-refractivity contribution in [2.75, 3.05) is 20.8 Å². The van der Waals surface area contributed by atoms with Crippen molar-refractivity contribution in [3.8, 4) is 22.8 Å². The molecule has 0 amide bonds. The number of hydrogen-bond acceptors (Lipinski definition) is 6. The smallest absolute Gasteiger partial charge is 0.255 e. The lowest BCUT2D eigenvalue weighted by atomic mass is 9.95. The van der Waals surface area contributed by atoms with Gasteiger partial charge in [-0.25, -0.2) is 4.98 Å². The molecule has 0 saturated heterocycles. The van der Waals surface area contributed by atoms with Crippen LogP contribution in [0.15, 0.2) is 41.3 Å². The third-order valence-corrected chi connectivity index (χ3v) is 5.77. The molecule has 1 aliphatic rings. The van der Waals surface area contributed by atoms with E-state index in [0.717, 1.165) is 53.4 Å². The van der Waals surface area contributed by atoms with Crippen LogP contribution in [0.3, 0.4) is 0 Å². The van der Waals surface area contributed by atoms with E-state index in [1.165, 1.54) is 0 Å². The lowest BCUT2D eigenvalue weighted by Crippen LogP contribution is -2.37. The first-order valence-electron chi connectivity index (χ1n) is 10.8. The Labute approximate surface area is 188 Å². The molecule has 2 aromatic heterocycles. The number of fused-ring (bicyclic) bond motifs is 1. The van der Waals surface area contributed by atoms with Gasteiger partial charge < -0.3 is 14.5 Å². The lowest BCUT2D eigenvalue weighted by Gasteiger charge is -2.28. The van der Waals surface area contributed by atoms with Crippen LogP contribution in [0.2, 0.25) is 0 Å². The summed E-state index contributed by atoms with van der Waals surface area (Å²) in [4.78, 5) is 27.3. The number of rotatable bonds is 5. The van der Waals surface area contributed by atoms with Gasteiger partial charge >= 0.3 is 0 Å². The number of hydrogen-bond donors (Lipinski definition) is 1. The summed E-state index contributed by atoms with van der Waals surface area (Å²) in [7, 11) is 3.25. The van der Waals surface area contributed by atoms with Crippen molar-refractivity contribution >= 4 is 0 Å². The van der Waals surface area contributed by atoms with E-state index in [4.69, 9.17) is 14.5 Å². The van der Waals surface area contributed by atoms with E-state index in [1.807, 2.05) is 30.5 Å². The van der Waals surface area contributed by atoms with E-state index in [2.05, 4.69) is 41.7 Å². The SMILES string of the molecule is COc1ccc(-c2ccc(CN3CCc4nc(C(C)(C)C)[nH]c(=O)c4C3)cn2)cc1OC. The molecule has 4 rings (SSSR count). The second-order valence-electron chi connectivity index (χ2n) is 9.17. The number of aromatic amines is 1.